The molecule has 19 heavy (non-hydrogen) atoms. The van der Waals surface area contributed by atoms with Crippen LogP contribution in [0.15, 0.2) is 47.1 Å². The minimum Gasteiger partial charge on any atom is -0.459 e. The van der Waals surface area contributed by atoms with Gasteiger partial charge in [0.25, 0.3) is 11.8 Å². The standard InChI is InChI=1S/C13H12N2O4/c1-18-15-12(16)9-4-6-10(7-5-9)14-13(17)11-3-2-8-19-11/h2-8H,1H3,(H,14,17)(H,15,16). The summed E-state index contributed by atoms with van der Waals surface area (Å²) in [6, 6.07) is 9.58. The smallest absolute Gasteiger partial charge is 0.291 e. The molecule has 0 aliphatic carbocycles. The highest BCUT2D eigenvalue weighted by molar-refractivity contribution is 6.02. The summed E-state index contributed by atoms with van der Waals surface area (Å²) in [5.74, 6) is -0.480. The van der Waals surface area contributed by atoms with E-state index in [1.807, 2.05) is 0 Å². The van der Waals surface area contributed by atoms with Gasteiger partial charge in [-0.05, 0) is 36.4 Å². The van der Waals surface area contributed by atoms with E-state index in [1.165, 1.54) is 13.4 Å². The number of amides is 2. The molecule has 6 heteroatoms. The van der Waals surface area contributed by atoms with Gasteiger partial charge in [0.05, 0.1) is 13.4 Å². The first-order valence-electron chi connectivity index (χ1n) is 5.49. The Kier molecular flexibility index (Phi) is 3.94. The topological polar surface area (TPSA) is 80.6 Å². The molecule has 2 aromatic rings. The van der Waals surface area contributed by atoms with E-state index < -0.39 is 0 Å². The average molecular weight is 260 g/mol. The van der Waals surface area contributed by atoms with Crippen LogP contribution in [0, 0.1) is 0 Å². The number of rotatable bonds is 4. The van der Waals surface area contributed by atoms with Gasteiger partial charge in [0.2, 0.25) is 0 Å². The van der Waals surface area contributed by atoms with Crippen LogP contribution < -0.4 is 10.8 Å². The summed E-state index contributed by atoms with van der Waals surface area (Å²) in [5.41, 5.74) is 3.20. The molecule has 1 aromatic heterocycles. The van der Waals surface area contributed by atoms with Gasteiger partial charge >= 0.3 is 0 Å². The van der Waals surface area contributed by atoms with Crippen LogP contribution in [0.1, 0.15) is 20.9 Å². The van der Waals surface area contributed by atoms with E-state index in [0.717, 1.165) is 0 Å². The van der Waals surface area contributed by atoms with Crippen molar-refractivity contribution in [3.63, 3.8) is 0 Å². The van der Waals surface area contributed by atoms with E-state index in [2.05, 4.69) is 15.6 Å². The van der Waals surface area contributed by atoms with Gasteiger partial charge in [0.1, 0.15) is 0 Å². The fourth-order valence-electron chi connectivity index (χ4n) is 1.46. The van der Waals surface area contributed by atoms with Crippen molar-refractivity contribution in [1.29, 1.82) is 0 Å². The van der Waals surface area contributed by atoms with E-state index >= 15 is 0 Å². The van der Waals surface area contributed by atoms with E-state index in [9.17, 15) is 9.59 Å². The summed E-state index contributed by atoms with van der Waals surface area (Å²) in [7, 11) is 1.36. The number of furan rings is 1. The molecule has 0 atom stereocenters. The van der Waals surface area contributed by atoms with Gasteiger partial charge in [-0.2, -0.15) is 0 Å². The molecule has 0 saturated carbocycles. The third-order valence-electron chi connectivity index (χ3n) is 2.34. The first kappa shape index (κ1) is 12.8. The lowest BCUT2D eigenvalue weighted by Crippen LogP contribution is -2.21. The van der Waals surface area contributed by atoms with E-state index in [0.29, 0.717) is 11.3 Å². The van der Waals surface area contributed by atoms with Gasteiger partial charge in [0, 0.05) is 11.3 Å². The van der Waals surface area contributed by atoms with Crippen molar-refractivity contribution in [2.24, 2.45) is 0 Å². The highest BCUT2D eigenvalue weighted by atomic mass is 16.6. The predicted molar refractivity (Wildman–Crippen MR) is 67.6 cm³/mol. The Balaban J connectivity index is 2.03. The minimum atomic E-state index is -0.355. The zero-order chi connectivity index (χ0) is 13.7. The third-order valence-corrected chi connectivity index (χ3v) is 2.34. The van der Waals surface area contributed by atoms with Gasteiger partial charge in [-0.25, -0.2) is 5.48 Å². The Morgan fingerprint density at radius 3 is 2.42 bits per heavy atom. The van der Waals surface area contributed by atoms with Crippen LogP contribution in [0.3, 0.4) is 0 Å². The molecule has 0 aliphatic rings. The van der Waals surface area contributed by atoms with Crippen molar-refractivity contribution in [2.75, 3.05) is 12.4 Å². The molecule has 0 fully saturated rings. The first-order valence-corrected chi connectivity index (χ1v) is 5.49. The van der Waals surface area contributed by atoms with Gasteiger partial charge in [0.15, 0.2) is 5.76 Å². The van der Waals surface area contributed by atoms with Crippen LogP contribution in [-0.2, 0) is 4.84 Å². The highest BCUT2D eigenvalue weighted by Gasteiger charge is 2.09. The maximum atomic E-state index is 11.7. The highest BCUT2D eigenvalue weighted by Crippen LogP contribution is 2.11. The first-order chi connectivity index (χ1) is 9.20. The van der Waals surface area contributed by atoms with Crippen LogP contribution in [0.5, 0.6) is 0 Å². The lowest BCUT2D eigenvalue weighted by Gasteiger charge is -2.05. The molecular weight excluding hydrogens is 248 g/mol. The van der Waals surface area contributed by atoms with Gasteiger partial charge in [-0.3, -0.25) is 14.4 Å². The molecule has 0 bridgehead atoms. The van der Waals surface area contributed by atoms with Crippen molar-refractivity contribution in [3.05, 3.63) is 54.0 Å². The maximum absolute atomic E-state index is 11.7. The molecule has 0 aliphatic heterocycles. The second-order valence-corrected chi connectivity index (χ2v) is 3.64. The summed E-state index contributed by atoms with van der Waals surface area (Å²) in [5, 5.41) is 2.65. The Morgan fingerprint density at radius 2 is 1.84 bits per heavy atom. The normalized spacial score (nSPS) is 9.95. The fraction of sp³-hybridized carbons (Fsp3) is 0.0769. The van der Waals surface area contributed by atoms with Gasteiger partial charge < -0.3 is 9.73 Å². The molecular formula is C13H12N2O4. The van der Waals surface area contributed by atoms with Crippen LogP contribution >= 0.6 is 0 Å². The van der Waals surface area contributed by atoms with Crippen LogP contribution in [0.25, 0.3) is 0 Å². The van der Waals surface area contributed by atoms with Crippen molar-refractivity contribution < 1.29 is 18.8 Å². The maximum Gasteiger partial charge on any atom is 0.291 e. The predicted octanol–water partition coefficient (Wildman–Crippen LogP) is 1.82. The monoisotopic (exact) mass is 260 g/mol. The second kappa shape index (κ2) is 5.83. The Bertz CT molecular complexity index is 561. The molecule has 0 radical (unpaired) electrons. The molecule has 1 aromatic carbocycles. The Hall–Kier alpha value is -2.60. The van der Waals surface area contributed by atoms with Crippen molar-refractivity contribution in [2.45, 2.75) is 0 Å². The largest absolute Gasteiger partial charge is 0.459 e. The fourth-order valence-corrected chi connectivity index (χ4v) is 1.46. The molecule has 2 N–H and O–H groups in total. The summed E-state index contributed by atoms with van der Waals surface area (Å²) in [4.78, 5) is 27.6. The molecule has 6 nitrogen and oxygen atoms in total. The van der Waals surface area contributed by atoms with E-state index in [4.69, 9.17) is 4.42 Å². The molecule has 0 unspecified atom stereocenters. The number of hydrogen-bond donors (Lipinski definition) is 2. The zero-order valence-electron chi connectivity index (χ0n) is 10.2. The van der Waals surface area contributed by atoms with Crippen LogP contribution in [0.4, 0.5) is 5.69 Å². The number of hydrogen-bond acceptors (Lipinski definition) is 4. The van der Waals surface area contributed by atoms with Crippen molar-refractivity contribution >= 4 is 17.5 Å². The van der Waals surface area contributed by atoms with Crippen LogP contribution in [-0.4, -0.2) is 18.9 Å². The second-order valence-electron chi connectivity index (χ2n) is 3.64. The lowest BCUT2D eigenvalue weighted by molar-refractivity contribution is 0.0537. The van der Waals surface area contributed by atoms with Crippen molar-refractivity contribution in [1.82, 2.24) is 5.48 Å². The van der Waals surface area contributed by atoms with Gasteiger partial charge in [-0.15, -0.1) is 0 Å². The number of benzene rings is 1. The molecule has 0 spiro atoms. The van der Waals surface area contributed by atoms with Crippen molar-refractivity contribution in [3.8, 4) is 0 Å². The SMILES string of the molecule is CONC(=O)c1ccc(NC(=O)c2ccco2)cc1. The Labute approximate surface area is 109 Å². The zero-order valence-corrected chi connectivity index (χ0v) is 10.2. The molecule has 0 saturated heterocycles. The third kappa shape index (κ3) is 3.20. The number of carbonyl (C=O) groups excluding carboxylic acids is 2. The summed E-state index contributed by atoms with van der Waals surface area (Å²) in [6.07, 6.45) is 1.42. The number of anilines is 1. The number of nitrogens with one attached hydrogen (secondary N) is 2. The minimum absolute atomic E-state index is 0.223. The summed E-state index contributed by atoms with van der Waals surface area (Å²) in [6.45, 7) is 0. The van der Waals surface area contributed by atoms with E-state index in [-0.39, 0.29) is 17.6 Å². The van der Waals surface area contributed by atoms with Gasteiger partial charge in [-0.1, -0.05) is 0 Å². The quantitative estimate of drug-likeness (QED) is 0.822. The number of hydroxylamine groups is 1. The average Bonchev–Trinajstić information content (AvgIpc) is 2.94. The molecule has 98 valence electrons. The Morgan fingerprint density at radius 1 is 1.11 bits per heavy atom. The van der Waals surface area contributed by atoms with E-state index in [1.54, 1.807) is 36.4 Å². The van der Waals surface area contributed by atoms with Crippen LogP contribution in [0.2, 0.25) is 0 Å². The summed E-state index contributed by atoms with van der Waals surface area (Å²) < 4.78 is 4.97. The lowest BCUT2D eigenvalue weighted by atomic mass is 10.2. The summed E-state index contributed by atoms with van der Waals surface area (Å²) >= 11 is 0. The molecule has 1 heterocycles. The molecule has 2 amide bonds. The molecule has 2 rings (SSSR count). The number of carbonyl (C=O) groups is 2.